The topological polar surface area (TPSA) is 0 Å². The molecule has 3 atom stereocenters. The summed E-state index contributed by atoms with van der Waals surface area (Å²) in [5, 5.41) is 0. The lowest BCUT2D eigenvalue weighted by Gasteiger charge is -2.17. The van der Waals surface area contributed by atoms with Gasteiger partial charge in [-0.3, -0.25) is 0 Å². The molecule has 3 heteroatoms. The van der Waals surface area contributed by atoms with E-state index in [0.717, 1.165) is 19.3 Å². The van der Waals surface area contributed by atoms with Crippen molar-refractivity contribution in [1.29, 1.82) is 0 Å². The summed E-state index contributed by atoms with van der Waals surface area (Å²) < 4.78 is 27.5. The van der Waals surface area contributed by atoms with E-state index in [1.165, 1.54) is 22.5 Å². The molecular formula is C19H29BrF2. The van der Waals surface area contributed by atoms with Crippen molar-refractivity contribution in [3.8, 4) is 0 Å². The van der Waals surface area contributed by atoms with Crippen molar-refractivity contribution in [1.82, 2.24) is 0 Å². The van der Waals surface area contributed by atoms with Crippen LogP contribution < -0.4 is 0 Å². The summed E-state index contributed by atoms with van der Waals surface area (Å²) in [6.07, 6.45) is 3.29. The molecule has 0 nitrogen and oxygen atoms in total. The molecule has 1 saturated carbocycles. The SMILES string of the molecule is CC1CCC(C)(F)CC(F)C1.CCc1ccc(Br)c(CC)c1. The van der Waals surface area contributed by atoms with Gasteiger partial charge in [0.1, 0.15) is 11.8 Å². The number of alkyl halides is 2. The molecule has 0 bridgehead atoms. The predicted molar refractivity (Wildman–Crippen MR) is 94.9 cm³/mol. The Morgan fingerprint density at radius 2 is 1.95 bits per heavy atom. The summed E-state index contributed by atoms with van der Waals surface area (Å²) in [6.45, 7) is 7.87. The summed E-state index contributed by atoms with van der Waals surface area (Å²) in [5.41, 5.74) is 1.57. The molecule has 0 amide bonds. The van der Waals surface area contributed by atoms with Crippen molar-refractivity contribution in [3.63, 3.8) is 0 Å². The molecule has 0 saturated heterocycles. The number of hydrogen-bond acceptors (Lipinski definition) is 0. The molecule has 22 heavy (non-hydrogen) atoms. The molecule has 0 aromatic heterocycles. The van der Waals surface area contributed by atoms with Gasteiger partial charge < -0.3 is 0 Å². The third-order valence-electron chi connectivity index (χ3n) is 4.36. The van der Waals surface area contributed by atoms with Crippen LogP contribution in [0.2, 0.25) is 0 Å². The minimum absolute atomic E-state index is 0.0946. The van der Waals surface area contributed by atoms with Crippen LogP contribution in [0.4, 0.5) is 8.78 Å². The van der Waals surface area contributed by atoms with Crippen LogP contribution in [0.15, 0.2) is 22.7 Å². The van der Waals surface area contributed by atoms with Crippen LogP contribution in [0.25, 0.3) is 0 Å². The number of halogens is 3. The van der Waals surface area contributed by atoms with E-state index in [0.29, 0.717) is 18.8 Å². The van der Waals surface area contributed by atoms with Crippen LogP contribution in [0.3, 0.4) is 0 Å². The van der Waals surface area contributed by atoms with Gasteiger partial charge in [-0.05, 0) is 62.1 Å². The normalized spacial score (nSPS) is 28.5. The number of benzene rings is 1. The Morgan fingerprint density at radius 3 is 2.55 bits per heavy atom. The van der Waals surface area contributed by atoms with Crippen molar-refractivity contribution in [2.45, 2.75) is 78.1 Å². The van der Waals surface area contributed by atoms with E-state index >= 15 is 0 Å². The van der Waals surface area contributed by atoms with Gasteiger partial charge in [0, 0.05) is 10.9 Å². The summed E-state index contributed by atoms with van der Waals surface area (Å²) in [6, 6.07) is 6.57. The first-order valence-corrected chi connectivity index (χ1v) is 9.17. The minimum Gasteiger partial charge on any atom is -0.247 e. The van der Waals surface area contributed by atoms with Gasteiger partial charge in [0.15, 0.2) is 0 Å². The lowest BCUT2D eigenvalue weighted by Crippen LogP contribution is -2.20. The van der Waals surface area contributed by atoms with Gasteiger partial charge in [-0.15, -0.1) is 0 Å². The Kier molecular flexibility index (Phi) is 8.02. The molecule has 1 fully saturated rings. The lowest BCUT2D eigenvalue weighted by molar-refractivity contribution is 0.127. The smallest absolute Gasteiger partial charge is 0.111 e. The summed E-state index contributed by atoms with van der Waals surface area (Å²) >= 11 is 3.52. The quantitative estimate of drug-likeness (QED) is 0.497. The zero-order valence-electron chi connectivity index (χ0n) is 14.3. The standard InChI is InChI=1S/C10H13Br.C9H16F2/c1-3-8-5-6-10(11)9(4-2)7-8;1-7-3-4-9(2,11)6-8(10)5-7/h5-7H,3-4H2,1-2H3;7-8H,3-6H2,1-2H3. The van der Waals surface area contributed by atoms with Gasteiger partial charge in [-0.2, -0.15) is 0 Å². The largest absolute Gasteiger partial charge is 0.247 e. The van der Waals surface area contributed by atoms with E-state index in [-0.39, 0.29) is 6.42 Å². The molecule has 2 rings (SSSR count). The second kappa shape index (κ2) is 9.00. The number of rotatable bonds is 2. The Morgan fingerprint density at radius 1 is 1.27 bits per heavy atom. The Hall–Kier alpha value is -0.440. The molecule has 0 aliphatic heterocycles. The Bertz CT molecular complexity index is 457. The maximum atomic E-state index is 13.3. The average Bonchev–Trinajstić information content (AvgIpc) is 2.57. The number of aryl methyl sites for hydroxylation is 2. The lowest BCUT2D eigenvalue weighted by atomic mass is 9.98. The van der Waals surface area contributed by atoms with Crippen LogP contribution in [0.5, 0.6) is 0 Å². The van der Waals surface area contributed by atoms with Crippen molar-refractivity contribution >= 4 is 15.9 Å². The third kappa shape index (κ3) is 6.76. The van der Waals surface area contributed by atoms with Crippen molar-refractivity contribution < 1.29 is 8.78 Å². The first kappa shape index (κ1) is 19.6. The maximum Gasteiger partial charge on any atom is 0.111 e. The average molecular weight is 375 g/mol. The minimum atomic E-state index is -1.26. The van der Waals surface area contributed by atoms with E-state index in [9.17, 15) is 8.78 Å². The van der Waals surface area contributed by atoms with Crippen LogP contribution in [-0.4, -0.2) is 11.8 Å². The highest BCUT2D eigenvalue weighted by atomic mass is 79.9. The fourth-order valence-electron chi connectivity index (χ4n) is 2.87. The van der Waals surface area contributed by atoms with Gasteiger partial charge in [-0.1, -0.05) is 48.8 Å². The van der Waals surface area contributed by atoms with Gasteiger partial charge in [-0.25, -0.2) is 8.78 Å². The van der Waals surface area contributed by atoms with Gasteiger partial charge >= 0.3 is 0 Å². The van der Waals surface area contributed by atoms with E-state index in [1.54, 1.807) is 0 Å². The monoisotopic (exact) mass is 374 g/mol. The van der Waals surface area contributed by atoms with Crippen LogP contribution in [-0.2, 0) is 12.8 Å². The van der Waals surface area contributed by atoms with E-state index in [4.69, 9.17) is 0 Å². The molecule has 1 aliphatic carbocycles. The van der Waals surface area contributed by atoms with Crippen LogP contribution >= 0.6 is 15.9 Å². The zero-order valence-corrected chi connectivity index (χ0v) is 15.8. The molecule has 1 aromatic rings. The number of hydrogen-bond donors (Lipinski definition) is 0. The van der Waals surface area contributed by atoms with Crippen LogP contribution in [0.1, 0.15) is 64.5 Å². The van der Waals surface area contributed by atoms with Crippen molar-refractivity contribution in [2.24, 2.45) is 5.92 Å². The summed E-state index contributed by atoms with van der Waals surface area (Å²) in [5.74, 6) is 0.350. The molecule has 0 N–H and O–H groups in total. The fourth-order valence-corrected chi connectivity index (χ4v) is 3.39. The molecule has 0 spiro atoms. The predicted octanol–water partition coefficient (Wildman–Crippen LogP) is 6.84. The molecule has 126 valence electrons. The van der Waals surface area contributed by atoms with Gasteiger partial charge in [0.05, 0.1) is 0 Å². The Labute approximate surface area is 142 Å². The van der Waals surface area contributed by atoms with E-state index < -0.39 is 11.8 Å². The zero-order chi connectivity index (χ0) is 16.8. The van der Waals surface area contributed by atoms with Gasteiger partial charge in [0.2, 0.25) is 0 Å². The molecule has 1 aromatic carbocycles. The highest BCUT2D eigenvalue weighted by Crippen LogP contribution is 2.34. The fraction of sp³-hybridized carbons (Fsp3) is 0.684. The van der Waals surface area contributed by atoms with Gasteiger partial charge in [0.25, 0.3) is 0 Å². The highest BCUT2D eigenvalue weighted by molar-refractivity contribution is 9.10. The highest BCUT2D eigenvalue weighted by Gasteiger charge is 2.32. The second-order valence-electron chi connectivity index (χ2n) is 6.73. The molecular weight excluding hydrogens is 346 g/mol. The third-order valence-corrected chi connectivity index (χ3v) is 5.14. The first-order chi connectivity index (χ1) is 10.3. The molecule has 3 unspecified atom stereocenters. The second-order valence-corrected chi connectivity index (χ2v) is 7.58. The maximum absolute atomic E-state index is 13.3. The molecule has 0 heterocycles. The first-order valence-electron chi connectivity index (χ1n) is 8.37. The van der Waals surface area contributed by atoms with Crippen molar-refractivity contribution in [2.75, 3.05) is 0 Å². The Balaban J connectivity index is 0.000000220. The molecule has 0 radical (unpaired) electrons. The summed E-state index contributed by atoms with van der Waals surface area (Å²) in [7, 11) is 0. The molecule has 1 aliphatic rings. The van der Waals surface area contributed by atoms with Crippen molar-refractivity contribution in [3.05, 3.63) is 33.8 Å². The van der Waals surface area contributed by atoms with E-state index in [1.807, 2.05) is 6.92 Å². The van der Waals surface area contributed by atoms with E-state index in [2.05, 4.69) is 48.0 Å². The summed E-state index contributed by atoms with van der Waals surface area (Å²) in [4.78, 5) is 0. The van der Waals surface area contributed by atoms with Crippen LogP contribution in [0, 0.1) is 5.92 Å².